The molecule has 2 aromatic rings. The van der Waals surface area contributed by atoms with Crippen molar-refractivity contribution in [3.63, 3.8) is 0 Å². The van der Waals surface area contributed by atoms with Crippen molar-refractivity contribution in [3.8, 4) is 5.75 Å². The molecule has 1 aliphatic carbocycles. The molecule has 0 radical (unpaired) electrons. The Bertz CT molecular complexity index is 1010. The maximum atomic E-state index is 13.0. The Morgan fingerprint density at radius 3 is 2.30 bits per heavy atom. The van der Waals surface area contributed by atoms with Crippen LogP contribution in [0.5, 0.6) is 5.75 Å². The van der Waals surface area contributed by atoms with Gasteiger partial charge in [-0.15, -0.1) is 0 Å². The number of rotatable bonds is 7. The average Bonchev–Trinajstić information content (AvgIpc) is 2.76. The number of carboxylic acid groups (broad SMARTS) is 1. The lowest BCUT2D eigenvalue weighted by atomic mass is 9.74. The number of ketones is 1. The topological polar surface area (TPSA) is 130 Å². The van der Waals surface area contributed by atoms with E-state index in [2.05, 4.69) is 5.32 Å². The molecule has 0 aromatic heterocycles. The summed E-state index contributed by atoms with van der Waals surface area (Å²) in [4.78, 5) is 37.2. The van der Waals surface area contributed by atoms with Crippen LogP contribution >= 0.6 is 0 Å². The number of hydrogen-bond donors (Lipinski definition) is 4. The molecule has 30 heavy (non-hydrogen) atoms. The molecule has 0 saturated heterocycles. The number of allylic oxidation sites excluding steroid dienone is 2. The van der Waals surface area contributed by atoms with Crippen LogP contribution in [0.15, 0.2) is 78.5 Å². The fourth-order valence-electron chi connectivity index (χ4n) is 3.28. The second-order valence-corrected chi connectivity index (χ2v) is 7.13. The quantitative estimate of drug-likeness (QED) is 0.522. The second kappa shape index (κ2) is 8.75. The van der Waals surface area contributed by atoms with Crippen LogP contribution in [0.3, 0.4) is 0 Å². The SMILES string of the molecule is N[C@@H](Cc1ccc(O)cc1)C(=O)C1(C(=O)O)C=CC(NC(=O)c2ccccc2)=CC1. The highest BCUT2D eigenvalue weighted by atomic mass is 16.4. The van der Waals surface area contributed by atoms with Crippen molar-refractivity contribution in [2.24, 2.45) is 11.1 Å². The Labute approximate surface area is 173 Å². The normalized spacial score (nSPS) is 18.9. The molecule has 0 saturated carbocycles. The molecule has 1 unspecified atom stereocenters. The van der Waals surface area contributed by atoms with E-state index in [0.29, 0.717) is 16.8 Å². The number of carboxylic acids is 1. The van der Waals surface area contributed by atoms with Crippen LogP contribution in [0.4, 0.5) is 0 Å². The molecule has 3 rings (SSSR count). The van der Waals surface area contributed by atoms with E-state index in [4.69, 9.17) is 5.73 Å². The van der Waals surface area contributed by atoms with Gasteiger partial charge in [-0.05, 0) is 48.7 Å². The first-order valence-electron chi connectivity index (χ1n) is 9.39. The van der Waals surface area contributed by atoms with Crippen LogP contribution in [-0.4, -0.2) is 33.9 Å². The third-order valence-electron chi connectivity index (χ3n) is 5.04. The summed E-state index contributed by atoms with van der Waals surface area (Å²) in [7, 11) is 0. The minimum absolute atomic E-state index is 0.0890. The lowest BCUT2D eigenvalue weighted by Crippen LogP contribution is -2.48. The first kappa shape index (κ1) is 21.0. The first-order valence-corrected chi connectivity index (χ1v) is 9.39. The smallest absolute Gasteiger partial charge is 0.321 e. The predicted molar refractivity (Wildman–Crippen MR) is 111 cm³/mol. The van der Waals surface area contributed by atoms with E-state index in [1.807, 2.05) is 0 Å². The van der Waals surface area contributed by atoms with Gasteiger partial charge in [0, 0.05) is 11.3 Å². The van der Waals surface area contributed by atoms with Gasteiger partial charge in [0.25, 0.3) is 5.91 Å². The van der Waals surface area contributed by atoms with Crippen LogP contribution < -0.4 is 11.1 Å². The molecule has 1 amide bonds. The number of aliphatic carboxylic acids is 1. The Balaban J connectivity index is 1.72. The van der Waals surface area contributed by atoms with Gasteiger partial charge in [0.2, 0.25) is 0 Å². The number of carbonyl (C=O) groups is 3. The molecule has 0 spiro atoms. The number of aromatic hydroxyl groups is 1. The van der Waals surface area contributed by atoms with Crippen molar-refractivity contribution in [3.05, 3.63) is 89.6 Å². The van der Waals surface area contributed by atoms with Gasteiger partial charge in [-0.3, -0.25) is 14.4 Å². The summed E-state index contributed by atoms with van der Waals surface area (Å²) in [5.74, 6) is -2.16. The number of hydrogen-bond acceptors (Lipinski definition) is 5. The van der Waals surface area contributed by atoms with E-state index in [1.165, 1.54) is 30.4 Å². The summed E-state index contributed by atoms with van der Waals surface area (Å²) < 4.78 is 0. The van der Waals surface area contributed by atoms with E-state index in [1.54, 1.807) is 42.5 Å². The summed E-state index contributed by atoms with van der Waals surface area (Å²) in [5.41, 5.74) is 5.83. The standard InChI is InChI=1S/C23H22N2O5/c24-19(14-15-6-8-18(26)9-7-15)20(27)23(22(29)30)12-10-17(11-13-23)25-21(28)16-4-2-1-3-5-16/h1-12,19,26H,13-14,24H2,(H,25,28)(H,29,30)/t19-,23?/m0/s1. The minimum Gasteiger partial charge on any atom is -0.508 e. The summed E-state index contributed by atoms with van der Waals surface area (Å²) in [5, 5.41) is 21.8. The number of amides is 1. The number of nitrogens with two attached hydrogens (primary N) is 1. The Kier molecular flexibility index (Phi) is 6.13. The lowest BCUT2D eigenvalue weighted by molar-refractivity contribution is -0.152. The lowest BCUT2D eigenvalue weighted by Gasteiger charge is -2.29. The maximum absolute atomic E-state index is 13.0. The molecule has 0 heterocycles. The largest absolute Gasteiger partial charge is 0.508 e. The van der Waals surface area contributed by atoms with Crippen LogP contribution in [0.25, 0.3) is 0 Å². The Morgan fingerprint density at radius 2 is 1.73 bits per heavy atom. The molecule has 0 fully saturated rings. The van der Waals surface area contributed by atoms with Gasteiger partial charge in [0.1, 0.15) is 11.2 Å². The minimum atomic E-state index is -1.79. The second-order valence-electron chi connectivity index (χ2n) is 7.13. The van der Waals surface area contributed by atoms with Gasteiger partial charge in [-0.1, -0.05) is 42.5 Å². The highest BCUT2D eigenvalue weighted by Gasteiger charge is 2.46. The molecule has 5 N–H and O–H groups in total. The molecule has 2 aromatic carbocycles. The highest BCUT2D eigenvalue weighted by molar-refractivity contribution is 6.08. The van der Waals surface area contributed by atoms with E-state index in [9.17, 15) is 24.6 Å². The number of benzene rings is 2. The van der Waals surface area contributed by atoms with Gasteiger partial charge in [-0.2, -0.15) is 0 Å². The number of carbonyl (C=O) groups excluding carboxylic acids is 2. The predicted octanol–water partition coefficient (Wildman–Crippen LogP) is 2.18. The summed E-state index contributed by atoms with van der Waals surface area (Å²) in [6.45, 7) is 0. The zero-order valence-electron chi connectivity index (χ0n) is 16.1. The molecule has 1 aliphatic rings. The van der Waals surface area contributed by atoms with E-state index >= 15 is 0 Å². The van der Waals surface area contributed by atoms with Gasteiger partial charge in [0.05, 0.1) is 6.04 Å². The molecule has 0 aliphatic heterocycles. The molecule has 154 valence electrons. The Morgan fingerprint density at radius 1 is 1.07 bits per heavy atom. The zero-order chi connectivity index (χ0) is 21.7. The summed E-state index contributed by atoms with van der Waals surface area (Å²) in [6, 6.07) is 13.8. The number of nitrogens with one attached hydrogen (secondary N) is 1. The number of phenols is 1. The average molecular weight is 406 g/mol. The first-order chi connectivity index (χ1) is 14.3. The zero-order valence-corrected chi connectivity index (χ0v) is 16.1. The summed E-state index contributed by atoms with van der Waals surface area (Å²) >= 11 is 0. The fraction of sp³-hybridized carbons (Fsp3) is 0.174. The van der Waals surface area contributed by atoms with Crippen LogP contribution in [0.1, 0.15) is 22.3 Å². The van der Waals surface area contributed by atoms with Crippen molar-refractivity contribution in [2.45, 2.75) is 18.9 Å². The van der Waals surface area contributed by atoms with Gasteiger partial charge < -0.3 is 21.3 Å². The van der Waals surface area contributed by atoms with Gasteiger partial charge in [-0.25, -0.2) is 0 Å². The molecule has 0 bridgehead atoms. The van der Waals surface area contributed by atoms with Crippen molar-refractivity contribution in [1.82, 2.24) is 5.32 Å². The van der Waals surface area contributed by atoms with E-state index in [-0.39, 0.29) is 24.5 Å². The molecule has 2 atom stereocenters. The van der Waals surface area contributed by atoms with Crippen molar-refractivity contribution < 1.29 is 24.6 Å². The molecule has 7 nitrogen and oxygen atoms in total. The van der Waals surface area contributed by atoms with Crippen molar-refractivity contribution >= 4 is 17.7 Å². The molecular weight excluding hydrogens is 384 g/mol. The third-order valence-corrected chi connectivity index (χ3v) is 5.04. The molecular formula is C23H22N2O5. The maximum Gasteiger partial charge on any atom is 0.321 e. The van der Waals surface area contributed by atoms with Gasteiger partial charge in [0.15, 0.2) is 5.78 Å². The highest BCUT2D eigenvalue weighted by Crippen LogP contribution is 2.32. The fourth-order valence-corrected chi connectivity index (χ4v) is 3.28. The van der Waals surface area contributed by atoms with E-state index in [0.717, 1.165) is 0 Å². The van der Waals surface area contributed by atoms with Crippen molar-refractivity contribution in [2.75, 3.05) is 0 Å². The van der Waals surface area contributed by atoms with Crippen LogP contribution in [-0.2, 0) is 16.0 Å². The van der Waals surface area contributed by atoms with E-state index < -0.39 is 23.2 Å². The molecule has 7 heteroatoms. The van der Waals surface area contributed by atoms with Gasteiger partial charge >= 0.3 is 5.97 Å². The van der Waals surface area contributed by atoms with Crippen molar-refractivity contribution in [1.29, 1.82) is 0 Å². The monoisotopic (exact) mass is 406 g/mol. The Hall–Kier alpha value is -3.71. The number of Topliss-reactive ketones (excluding diaryl/α,β-unsaturated/α-hetero) is 1. The summed E-state index contributed by atoms with van der Waals surface area (Å²) in [6.07, 6.45) is 4.24. The third kappa shape index (κ3) is 4.47. The van der Waals surface area contributed by atoms with Crippen LogP contribution in [0.2, 0.25) is 0 Å². The number of phenolic OH excluding ortho intramolecular Hbond substituents is 1. The van der Waals surface area contributed by atoms with Crippen LogP contribution in [0, 0.1) is 5.41 Å².